The van der Waals surface area contributed by atoms with E-state index in [1.807, 2.05) is 5.32 Å². The zero-order valence-corrected chi connectivity index (χ0v) is 10.7. The molecular weight excluding hydrogens is 252 g/mol. The Hall–Kier alpha value is -1.92. The number of ether oxygens (including phenoxy) is 1. The normalized spacial score (nSPS) is 21.0. The van der Waals surface area contributed by atoms with Gasteiger partial charge in [-0.2, -0.15) is 0 Å². The Labute approximate surface area is 110 Å². The summed E-state index contributed by atoms with van der Waals surface area (Å²) in [4.78, 5) is 47.4. The summed E-state index contributed by atoms with van der Waals surface area (Å²) in [5.74, 6) is -1.34. The Morgan fingerprint density at radius 2 is 1.95 bits per heavy atom. The molecule has 1 saturated heterocycles. The predicted molar refractivity (Wildman–Crippen MR) is 62.8 cm³/mol. The van der Waals surface area contributed by atoms with Crippen LogP contribution in [0.2, 0.25) is 0 Å². The first-order valence-corrected chi connectivity index (χ1v) is 6.21. The van der Waals surface area contributed by atoms with Crippen LogP contribution >= 0.6 is 0 Å². The van der Waals surface area contributed by atoms with Gasteiger partial charge in [0.1, 0.15) is 6.54 Å². The largest absolute Gasteiger partial charge is 0.453 e. The third-order valence-corrected chi connectivity index (χ3v) is 3.78. The molecule has 7 heteroatoms. The molecular formula is C12H16N2O5. The zero-order chi connectivity index (χ0) is 14.0. The number of amides is 4. The Kier molecular flexibility index (Phi) is 3.55. The highest BCUT2D eigenvalue weighted by molar-refractivity contribution is 6.09. The lowest BCUT2D eigenvalue weighted by molar-refractivity contribution is -0.144. The second-order valence-electron chi connectivity index (χ2n) is 4.99. The molecule has 1 aliphatic carbocycles. The second kappa shape index (κ2) is 4.99. The van der Waals surface area contributed by atoms with Crippen molar-refractivity contribution in [2.75, 3.05) is 13.7 Å². The summed E-state index contributed by atoms with van der Waals surface area (Å²) in [5.41, 5.74) is -0.595. The van der Waals surface area contributed by atoms with Crippen LogP contribution in [-0.2, 0) is 19.1 Å². The molecule has 0 radical (unpaired) electrons. The lowest BCUT2D eigenvalue weighted by Gasteiger charge is -2.20. The molecule has 0 unspecified atom stereocenters. The predicted octanol–water partition coefficient (Wildman–Crippen LogP) is 0.188. The molecule has 1 saturated carbocycles. The van der Waals surface area contributed by atoms with E-state index in [0.29, 0.717) is 12.8 Å². The smallest absolute Gasteiger partial charge is 0.413 e. The maximum atomic E-state index is 12.2. The molecule has 4 amide bonds. The van der Waals surface area contributed by atoms with Gasteiger partial charge in [0.05, 0.1) is 12.5 Å². The van der Waals surface area contributed by atoms with E-state index < -0.39 is 24.0 Å². The number of carbonyl (C=O) groups excluding carboxylic acids is 4. The van der Waals surface area contributed by atoms with Crippen LogP contribution in [0.1, 0.15) is 32.1 Å². The average Bonchev–Trinajstić information content (AvgIpc) is 2.91. The van der Waals surface area contributed by atoms with Crippen LogP contribution in [-0.4, -0.2) is 42.4 Å². The van der Waals surface area contributed by atoms with Gasteiger partial charge in [-0.25, -0.2) is 4.79 Å². The van der Waals surface area contributed by atoms with Gasteiger partial charge in [-0.1, -0.05) is 12.8 Å². The van der Waals surface area contributed by atoms with Gasteiger partial charge in [0.2, 0.25) is 17.7 Å². The van der Waals surface area contributed by atoms with Crippen LogP contribution in [0.15, 0.2) is 0 Å². The van der Waals surface area contributed by atoms with Crippen molar-refractivity contribution in [3.05, 3.63) is 0 Å². The van der Waals surface area contributed by atoms with Crippen LogP contribution in [0, 0.1) is 5.41 Å². The van der Waals surface area contributed by atoms with Gasteiger partial charge in [-0.3, -0.25) is 24.6 Å². The first-order chi connectivity index (χ1) is 8.98. The number of hydrogen-bond donors (Lipinski definition) is 1. The van der Waals surface area contributed by atoms with Gasteiger partial charge in [0.25, 0.3) is 0 Å². The SMILES string of the molecule is COC(=O)NC(=O)CN1C(=O)CC2(CCCC2)C1=O. The lowest BCUT2D eigenvalue weighted by Crippen LogP contribution is -2.43. The Morgan fingerprint density at radius 3 is 2.53 bits per heavy atom. The van der Waals surface area contributed by atoms with Crippen molar-refractivity contribution in [2.24, 2.45) is 5.41 Å². The van der Waals surface area contributed by atoms with E-state index in [9.17, 15) is 19.2 Å². The van der Waals surface area contributed by atoms with E-state index in [1.165, 1.54) is 0 Å². The first kappa shape index (κ1) is 13.5. The summed E-state index contributed by atoms with van der Waals surface area (Å²) >= 11 is 0. The quantitative estimate of drug-likeness (QED) is 0.721. The van der Waals surface area contributed by atoms with E-state index in [4.69, 9.17) is 0 Å². The molecule has 7 nitrogen and oxygen atoms in total. The zero-order valence-electron chi connectivity index (χ0n) is 10.7. The summed E-state index contributed by atoms with van der Waals surface area (Å²) in [5, 5.41) is 1.93. The van der Waals surface area contributed by atoms with Crippen LogP contribution in [0.5, 0.6) is 0 Å². The molecule has 2 fully saturated rings. The second-order valence-corrected chi connectivity index (χ2v) is 4.99. The molecule has 0 atom stereocenters. The van der Waals surface area contributed by atoms with Crippen LogP contribution in [0.25, 0.3) is 0 Å². The molecule has 1 N–H and O–H groups in total. The lowest BCUT2D eigenvalue weighted by atomic mass is 9.84. The first-order valence-electron chi connectivity index (χ1n) is 6.21. The molecule has 1 heterocycles. The van der Waals surface area contributed by atoms with Crippen molar-refractivity contribution in [3.8, 4) is 0 Å². The maximum absolute atomic E-state index is 12.2. The van der Waals surface area contributed by atoms with Gasteiger partial charge in [0, 0.05) is 6.42 Å². The van der Waals surface area contributed by atoms with Crippen molar-refractivity contribution in [2.45, 2.75) is 32.1 Å². The minimum absolute atomic E-state index is 0.178. The van der Waals surface area contributed by atoms with Gasteiger partial charge < -0.3 is 4.74 Å². The van der Waals surface area contributed by atoms with Crippen molar-refractivity contribution < 1.29 is 23.9 Å². The number of rotatable bonds is 2. The number of imide groups is 2. The number of hydrogen-bond acceptors (Lipinski definition) is 5. The fraction of sp³-hybridized carbons (Fsp3) is 0.667. The van der Waals surface area contributed by atoms with Crippen molar-refractivity contribution in [1.82, 2.24) is 10.2 Å². The van der Waals surface area contributed by atoms with E-state index in [1.54, 1.807) is 0 Å². The summed E-state index contributed by atoms with van der Waals surface area (Å²) in [7, 11) is 1.13. The number of methoxy groups -OCH3 is 1. The number of alkyl carbamates (subject to hydrolysis) is 1. The molecule has 0 bridgehead atoms. The molecule has 2 aliphatic rings. The van der Waals surface area contributed by atoms with Gasteiger partial charge in [-0.05, 0) is 12.8 Å². The monoisotopic (exact) mass is 268 g/mol. The third kappa shape index (κ3) is 2.45. The van der Waals surface area contributed by atoms with Gasteiger partial charge >= 0.3 is 6.09 Å². The average molecular weight is 268 g/mol. The fourth-order valence-electron chi connectivity index (χ4n) is 2.81. The standard InChI is InChI=1S/C12H16N2O5/c1-19-11(18)13-8(15)7-14-9(16)6-12(10(14)17)4-2-3-5-12/h2-7H2,1H3,(H,13,15,18). The van der Waals surface area contributed by atoms with Crippen LogP contribution in [0.4, 0.5) is 4.79 Å². The summed E-state index contributed by atoms with van der Waals surface area (Å²) in [6.45, 7) is -0.422. The highest BCUT2D eigenvalue weighted by Crippen LogP contribution is 2.46. The molecule has 2 rings (SSSR count). The fourth-order valence-corrected chi connectivity index (χ4v) is 2.81. The van der Waals surface area contributed by atoms with Gasteiger partial charge in [-0.15, -0.1) is 0 Å². The van der Waals surface area contributed by atoms with Crippen LogP contribution in [0.3, 0.4) is 0 Å². The van der Waals surface area contributed by atoms with E-state index >= 15 is 0 Å². The number of nitrogens with zero attached hydrogens (tertiary/aromatic N) is 1. The molecule has 19 heavy (non-hydrogen) atoms. The third-order valence-electron chi connectivity index (χ3n) is 3.78. The van der Waals surface area contributed by atoms with Crippen LogP contribution < -0.4 is 5.32 Å². The molecule has 0 aromatic rings. The molecule has 0 aromatic heterocycles. The molecule has 1 spiro atoms. The summed E-state index contributed by atoms with van der Waals surface area (Å²) in [6, 6.07) is 0. The minimum Gasteiger partial charge on any atom is -0.453 e. The Bertz CT molecular complexity index is 439. The highest BCUT2D eigenvalue weighted by atomic mass is 16.5. The minimum atomic E-state index is -0.903. The van der Waals surface area contributed by atoms with E-state index in [-0.39, 0.29) is 18.2 Å². The topological polar surface area (TPSA) is 92.8 Å². The maximum Gasteiger partial charge on any atom is 0.413 e. The summed E-state index contributed by atoms with van der Waals surface area (Å²) in [6.07, 6.45) is 2.54. The highest BCUT2D eigenvalue weighted by Gasteiger charge is 2.52. The summed E-state index contributed by atoms with van der Waals surface area (Å²) < 4.78 is 4.27. The molecule has 0 aromatic carbocycles. The molecule has 104 valence electrons. The van der Waals surface area contributed by atoms with E-state index in [2.05, 4.69) is 4.74 Å². The van der Waals surface area contributed by atoms with E-state index in [0.717, 1.165) is 24.9 Å². The Morgan fingerprint density at radius 1 is 1.32 bits per heavy atom. The van der Waals surface area contributed by atoms with Crippen molar-refractivity contribution >= 4 is 23.8 Å². The van der Waals surface area contributed by atoms with Gasteiger partial charge in [0.15, 0.2) is 0 Å². The van der Waals surface area contributed by atoms with Crippen molar-refractivity contribution in [1.29, 1.82) is 0 Å². The van der Waals surface area contributed by atoms with Crippen molar-refractivity contribution in [3.63, 3.8) is 0 Å². The number of likely N-dealkylation sites (tertiary alicyclic amines) is 1. The number of nitrogens with one attached hydrogen (secondary N) is 1. The number of carbonyl (C=O) groups is 4. The Balaban J connectivity index is 2.01. The molecule has 1 aliphatic heterocycles.